The second-order valence-electron chi connectivity index (χ2n) is 5.40. The minimum atomic E-state index is -0.0725. The molecule has 4 heteroatoms. The van der Waals surface area contributed by atoms with Crippen molar-refractivity contribution < 1.29 is 4.79 Å². The number of fused-ring (bicyclic) bond motifs is 1. The fourth-order valence-electron chi connectivity index (χ4n) is 2.61. The normalized spacial score (nSPS) is 12.2. The molecule has 0 fully saturated rings. The van der Waals surface area contributed by atoms with Crippen LogP contribution in [0.15, 0.2) is 54.9 Å². The molecule has 4 nitrogen and oxygen atoms in total. The summed E-state index contributed by atoms with van der Waals surface area (Å²) in [6.45, 7) is 1.95. The molecule has 3 aromatic rings. The van der Waals surface area contributed by atoms with Gasteiger partial charge < -0.3 is 10.3 Å². The van der Waals surface area contributed by atoms with E-state index >= 15 is 0 Å². The molecular formula is C18H19N3O. The third-order valence-electron chi connectivity index (χ3n) is 3.81. The van der Waals surface area contributed by atoms with Crippen molar-refractivity contribution in [3.05, 3.63) is 66.1 Å². The van der Waals surface area contributed by atoms with Crippen LogP contribution in [0.3, 0.4) is 0 Å². The number of H-pyrrole nitrogens is 1. The summed E-state index contributed by atoms with van der Waals surface area (Å²) in [6, 6.07) is 13.8. The first-order valence-corrected chi connectivity index (χ1v) is 7.49. The minimum Gasteiger partial charge on any atom is -0.361 e. The number of carbonyl (C=O) groups excluding carboxylic acids is 1. The molecule has 3 rings (SSSR count). The van der Waals surface area contributed by atoms with Gasteiger partial charge in [-0.05, 0) is 37.1 Å². The monoisotopic (exact) mass is 293 g/mol. The van der Waals surface area contributed by atoms with Crippen LogP contribution >= 0.6 is 0 Å². The van der Waals surface area contributed by atoms with Crippen LogP contribution in [0.5, 0.6) is 0 Å². The molecule has 0 aliphatic heterocycles. The van der Waals surface area contributed by atoms with Crippen LogP contribution in [0, 0.1) is 0 Å². The number of carbonyl (C=O) groups is 1. The van der Waals surface area contributed by atoms with E-state index in [-0.39, 0.29) is 11.9 Å². The van der Waals surface area contributed by atoms with Gasteiger partial charge in [0.05, 0.1) is 11.7 Å². The Balaban J connectivity index is 1.58. The number of para-hydroxylation sites is 1. The summed E-state index contributed by atoms with van der Waals surface area (Å²) in [4.78, 5) is 19.6. The maximum Gasteiger partial charge on any atom is 0.220 e. The smallest absolute Gasteiger partial charge is 0.220 e. The van der Waals surface area contributed by atoms with Crippen LogP contribution < -0.4 is 5.32 Å². The van der Waals surface area contributed by atoms with Gasteiger partial charge >= 0.3 is 0 Å². The van der Waals surface area contributed by atoms with Crippen molar-refractivity contribution in [2.24, 2.45) is 0 Å². The van der Waals surface area contributed by atoms with E-state index in [0.29, 0.717) is 6.42 Å². The molecular weight excluding hydrogens is 274 g/mol. The lowest BCUT2D eigenvalue weighted by atomic mass is 10.1. The number of hydrogen-bond acceptors (Lipinski definition) is 2. The summed E-state index contributed by atoms with van der Waals surface area (Å²) in [5.41, 5.74) is 3.17. The van der Waals surface area contributed by atoms with E-state index in [1.54, 1.807) is 6.20 Å². The number of amides is 1. The van der Waals surface area contributed by atoms with Crippen molar-refractivity contribution >= 4 is 16.8 Å². The highest BCUT2D eigenvalue weighted by Gasteiger charge is 2.11. The van der Waals surface area contributed by atoms with Crippen molar-refractivity contribution in [2.45, 2.75) is 25.8 Å². The molecule has 0 unspecified atom stereocenters. The van der Waals surface area contributed by atoms with Crippen LogP contribution in [0.1, 0.15) is 30.6 Å². The van der Waals surface area contributed by atoms with Crippen molar-refractivity contribution in [3.63, 3.8) is 0 Å². The van der Waals surface area contributed by atoms with E-state index < -0.39 is 0 Å². The third kappa shape index (κ3) is 3.17. The Hall–Kier alpha value is -2.62. The maximum absolute atomic E-state index is 12.1. The van der Waals surface area contributed by atoms with E-state index in [9.17, 15) is 4.79 Å². The zero-order chi connectivity index (χ0) is 15.4. The van der Waals surface area contributed by atoms with Crippen LogP contribution in [-0.2, 0) is 11.2 Å². The molecule has 1 atom stereocenters. The van der Waals surface area contributed by atoms with Gasteiger partial charge in [0.25, 0.3) is 0 Å². The molecule has 0 saturated carbocycles. The van der Waals surface area contributed by atoms with Gasteiger partial charge in [0.1, 0.15) is 0 Å². The molecule has 2 heterocycles. The molecule has 22 heavy (non-hydrogen) atoms. The molecule has 2 aromatic heterocycles. The largest absolute Gasteiger partial charge is 0.361 e. The molecule has 0 radical (unpaired) electrons. The molecule has 1 amide bonds. The number of aromatic nitrogens is 2. The topological polar surface area (TPSA) is 57.8 Å². The van der Waals surface area contributed by atoms with Gasteiger partial charge in [-0.15, -0.1) is 0 Å². The Morgan fingerprint density at radius 3 is 2.86 bits per heavy atom. The lowest BCUT2D eigenvalue weighted by Crippen LogP contribution is -2.27. The molecule has 112 valence electrons. The average Bonchev–Trinajstić information content (AvgIpc) is 2.97. The predicted octanol–water partition coefficient (Wildman–Crippen LogP) is 3.37. The second-order valence-corrected chi connectivity index (χ2v) is 5.40. The number of pyridine rings is 1. The number of benzene rings is 1. The predicted molar refractivity (Wildman–Crippen MR) is 87.4 cm³/mol. The third-order valence-corrected chi connectivity index (χ3v) is 3.81. The molecule has 0 aliphatic rings. The van der Waals surface area contributed by atoms with Crippen LogP contribution in [0.25, 0.3) is 10.9 Å². The average molecular weight is 293 g/mol. The summed E-state index contributed by atoms with van der Waals surface area (Å²) < 4.78 is 0. The summed E-state index contributed by atoms with van der Waals surface area (Å²) in [5.74, 6) is 0.0448. The molecule has 0 spiro atoms. The lowest BCUT2D eigenvalue weighted by molar-refractivity contribution is -0.121. The Labute approximate surface area is 129 Å². The number of aromatic amines is 1. The number of hydrogen-bond donors (Lipinski definition) is 2. The van der Waals surface area contributed by atoms with Crippen LogP contribution in [0.4, 0.5) is 0 Å². The van der Waals surface area contributed by atoms with Gasteiger partial charge in [-0.3, -0.25) is 9.78 Å². The lowest BCUT2D eigenvalue weighted by Gasteiger charge is -2.13. The van der Waals surface area contributed by atoms with Gasteiger partial charge in [-0.1, -0.05) is 24.3 Å². The van der Waals surface area contributed by atoms with Gasteiger partial charge in [-0.2, -0.15) is 0 Å². The SMILES string of the molecule is C[C@H](NC(=O)CCc1c[nH]c2ccccc12)c1ccccn1. The minimum absolute atomic E-state index is 0.0448. The molecule has 0 saturated heterocycles. The van der Waals surface area contributed by atoms with E-state index in [1.807, 2.05) is 49.5 Å². The molecule has 0 aliphatic carbocycles. The van der Waals surface area contributed by atoms with Crippen LogP contribution in [-0.4, -0.2) is 15.9 Å². The van der Waals surface area contributed by atoms with Crippen molar-refractivity contribution in [1.29, 1.82) is 0 Å². The van der Waals surface area contributed by atoms with Crippen molar-refractivity contribution in [3.8, 4) is 0 Å². The van der Waals surface area contributed by atoms with Gasteiger partial charge in [-0.25, -0.2) is 0 Å². The maximum atomic E-state index is 12.1. The summed E-state index contributed by atoms with van der Waals surface area (Å²) in [5, 5.41) is 4.18. The summed E-state index contributed by atoms with van der Waals surface area (Å²) in [6.07, 6.45) is 4.92. The van der Waals surface area contributed by atoms with Crippen molar-refractivity contribution in [1.82, 2.24) is 15.3 Å². The Kier molecular flexibility index (Phi) is 4.19. The highest BCUT2D eigenvalue weighted by molar-refractivity contribution is 5.84. The summed E-state index contributed by atoms with van der Waals surface area (Å²) in [7, 11) is 0. The van der Waals surface area contributed by atoms with E-state index in [2.05, 4.69) is 21.4 Å². The molecule has 1 aromatic carbocycles. The fraction of sp³-hybridized carbons (Fsp3) is 0.222. The zero-order valence-electron chi connectivity index (χ0n) is 12.5. The number of nitrogens with one attached hydrogen (secondary N) is 2. The van der Waals surface area contributed by atoms with Gasteiger partial charge in [0.2, 0.25) is 5.91 Å². The molecule has 2 N–H and O–H groups in total. The number of nitrogens with zero attached hydrogens (tertiary/aromatic N) is 1. The van der Waals surface area contributed by atoms with E-state index in [1.165, 1.54) is 10.9 Å². The first-order chi connectivity index (χ1) is 10.7. The number of aryl methyl sites for hydroxylation is 1. The Morgan fingerprint density at radius 2 is 2.05 bits per heavy atom. The van der Waals surface area contributed by atoms with E-state index in [4.69, 9.17) is 0 Å². The van der Waals surface area contributed by atoms with Gasteiger partial charge in [0.15, 0.2) is 0 Å². The Morgan fingerprint density at radius 1 is 1.23 bits per heavy atom. The summed E-state index contributed by atoms with van der Waals surface area (Å²) >= 11 is 0. The van der Waals surface area contributed by atoms with E-state index in [0.717, 1.165) is 17.6 Å². The number of rotatable bonds is 5. The first-order valence-electron chi connectivity index (χ1n) is 7.49. The Bertz CT molecular complexity index is 764. The van der Waals surface area contributed by atoms with Crippen LogP contribution in [0.2, 0.25) is 0 Å². The second kappa shape index (κ2) is 6.43. The zero-order valence-corrected chi connectivity index (χ0v) is 12.5. The standard InChI is InChI=1S/C18H19N3O/c1-13(16-7-4-5-11-19-16)21-18(22)10-9-14-12-20-17-8-3-2-6-15(14)17/h2-8,11-13,20H,9-10H2,1H3,(H,21,22)/t13-/m0/s1. The fourth-order valence-corrected chi connectivity index (χ4v) is 2.61. The van der Waals surface area contributed by atoms with Gasteiger partial charge in [0, 0.05) is 29.7 Å². The highest BCUT2D eigenvalue weighted by Crippen LogP contribution is 2.19. The highest BCUT2D eigenvalue weighted by atomic mass is 16.1. The first kappa shape index (κ1) is 14.3. The quantitative estimate of drug-likeness (QED) is 0.757. The molecule has 0 bridgehead atoms. The van der Waals surface area contributed by atoms with Crippen molar-refractivity contribution in [2.75, 3.05) is 0 Å².